The normalized spacial score (nSPS) is 35.4. The topological polar surface area (TPSA) is 32.3 Å². The van der Waals surface area contributed by atoms with Crippen molar-refractivity contribution in [3.63, 3.8) is 0 Å². The fraction of sp³-hybridized carbons (Fsp3) is 0.917. The van der Waals surface area contributed by atoms with Gasteiger partial charge in [-0.3, -0.25) is 4.79 Å². The van der Waals surface area contributed by atoms with Gasteiger partial charge in [-0.25, -0.2) is 0 Å². The molecule has 4 heteroatoms. The Bertz CT molecular complexity index is 264. The molecule has 0 saturated carbocycles. The Morgan fingerprint density at radius 1 is 1.62 bits per heavy atom. The summed E-state index contributed by atoms with van der Waals surface area (Å²) in [5.41, 5.74) is -0.240. The van der Waals surface area contributed by atoms with E-state index in [-0.39, 0.29) is 5.54 Å². The van der Waals surface area contributed by atoms with Crippen LogP contribution in [0.5, 0.6) is 0 Å². The van der Waals surface area contributed by atoms with Gasteiger partial charge in [-0.15, -0.1) is 0 Å². The highest BCUT2D eigenvalue weighted by atomic mass is 32.2. The number of hydrogen-bond acceptors (Lipinski definition) is 3. The lowest BCUT2D eigenvalue weighted by Crippen LogP contribution is -2.58. The molecule has 0 aromatic heterocycles. The van der Waals surface area contributed by atoms with Gasteiger partial charge in [-0.1, -0.05) is 6.92 Å². The van der Waals surface area contributed by atoms with Gasteiger partial charge in [0, 0.05) is 24.1 Å². The lowest BCUT2D eigenvalue weighted by Gasteiger charge is -2.39. The standard InChI is InChI=1S/C12H22N2OS/c1-3-12(5-4-6-13-12)11(15)14-7-8-16-9-10(14)2/h10,13H,3-9H2,1-2H3. The number of nitrogens with one attached hydrogen (secondary N) is 1. The predicted octanol–water partition coefficient (Wildman–Crippen LogP) is 1.48. The molecule has 2 saturated heterocycles. The van der Waals surface area contributed by atoms with Crippen LogP contribution in [0.1, 0.15) is 33.1 Å². The summed E-state index contributed by atoms with van der Waals surface area (Å²) in [5, 5.41) is 3.44. The first-order valence-corrected chi connectivity index (χ1v) is 7.49. The van der Waals surface area contributed by atoms with Crippen molar-refractivity contribution in [1.82, 2.24) is 10.2 Å². The Balaban J connectivity index is 2.10. The number of amides is 1. The molecule has 0 aromatic rings. The fourth-order valence-electron chi connectivity index (χ4n) is 2.75. The summed E-state index contributed by atoms with van der Waals surface area (Å²) >= 11 is 1.96. The van der Waals surface area contributed by atoms with E-state index in [1.54, 1.807) is 0 Å². The van der Waals surface area contributed by atoms with Gasteiger partial charge in [0.05, 0.1) is 5.54 Å². The van der Waals surface area contributed by atoms with E-state index >= 15 is 0 Å². The summed E-state index contributed by atoms with van der Waals surface area (Å²) in [6.07, 6.45) is 3.07. The van der Waals surface area contributed by atoms with E-state index in [0.29, 0.717) is 11.9 Å². The largest absolute Gasteiger partial charge is 0.337 e. The second kappa shape index (κ2) is 4.96. The quantitative estimate of drug-likeness (QED) is 0.796. The minimum atomic E-state index is -0.240. The molecule has 2 aliphatic heterocycles. The van der Waals surface area contributed by atoms with Crippen LogP contribution in [0.2, 0.25) is 0 Å². The average molecular weight is 242 g/mol. The molecule has 2 fully saturated rings. The molecule has 0 radical (unpaired) electrons. The molecule has 1 amide bonds. The first-order chi connectivity index (χ1) is 7.69. The molecule has 0 aromatic carbocycles. The van der Waals surface area contributed by atoms with Crippen LogP contribution in [0.25, 0.3) is 0 Å². The summed E-state index contributed by atoms with van der Waals surface area (Å²) in [6, 6.07) is 0.400. The Kier molecular flexibility index (Phi) is 3.80. The minimum Gasteiger partial charge on any atom is -0.337 e. The van der Waals surface area contributed by atoms with E-state index < -0.39 is 0 Å². The number of carbonyl (C=O) groups excluding carboxylic acids is 1. The van der Waals surface area contributed by atoms with E-state index in [1.807, 2.05) is 11.8 Å². The van der Waals surface area contributed by atoms with Gasteiger partial charge in [0.15, 0.2) is 0 Å². The van der Waals surface area contributed by atoms with Gasteiger partial charge in [-0.05, 0) is 32.7 Å². The lowest BCUT2D eigenvalue weighted by atomic mass is 9.92. The summed E-state index contributed by atoms with van der Waals surface area (Å²) in [7, 11) is 0. The highest BCUT2D eigenvalue weighted by Crippen LogP contribution is 2.28. The van der Waals surface area contributed by atoms with Gasteiger partial charge < -0.3 is 10.2 Å². The van der Waals surface area contributed by atoms with E-state index in [4.69, 9.17) is 0 Å². The first kappa shape index (κ1) is 12.2. The van der Waals surface area contributed by atoms with E-state index in [2.05, 4.69) is 24.1 Å². The van der Waals surface area contributed by atoms with E-state index in [0.717, 1.165) is 43.9 Å². The second-order valence-corrected chi connectivity index (χ2v) is 6.04. The molecule has 0 bridgehead atoms. The van der Waals surface area contributed by atoms with Crippen molar-refractivity contribution in [3.05, 3.63) is 0 Å². The maximum atomic E-state index is 12.6. The summed E-state index contributed by atoms with van der Waals surface area (Å²) in [4.78, 5) is 14.7. The number of carbonyl (C=O) groups is 1. The molecule has 2 aliphatic rings. The molecule has 16 heavy (non-hydrogen) atoms. The molecule has 0 spiro atoms. The molecule has 92 valence electrons. The van der Waals surface area contributed by atoms with Gasteiger partial charge in [0.2, 0.25) is 5.91 Å². The zero-order chi connectivity index (χ0) is 11.6. The zero-order valence-corrected chi connectivity index (χ0v) is 11.1. The van der Waals surface area contributed by atoms with Gasteiger partial charge in [-0.2, -0.15) is 11.8 Å². The highest BCUT2D eigenvalue weighted by Gasteiger charge is 2.43. The molecule has 2 atom stereocenters. The molecule has 2 rings (SSSR count). The maximum Gasteiger partial charge on any atom is 0.243 e. The number of thioether (sulfide) groups is 1. The zero-order valence-electron chi connectivity index (χ0n) is 10.3. The smallest absolute Gasteiger partial charge is 0.243 e. The third-order valence-electron chi connectivity index (χ3n) is 3.89. The van der Waals surface area contributed by atoms with Crippen molar-refractivity contribution in [3.8, 4) is 0 Å². The third kappa shape index (κ3) is 2.09. The third-order valence-corrected chi connectivity index (χ3v) is 5.07. The van der Waals surface area contributed by atoms with Crippen molar-refractivity contribution in [2.75, 3.05) is 24.6 Å². The Labute approximate surface area is 102 Å². The molecule has 2 unspecified atom stereocenters. The van der Waals surface area contributed by atoms with Crippen LogP contribution in [0.15, 0.2) is 0 Å². The van der Waals surface area contributed by atoms with Crippen LogP contribution in [0.3, 0.4) is 0 Å². The molecular weight excluding hydrogens is 220 g/mol. The Hall–Kier alpha value is -0.220. The number of nitrogens with zero attached hydrogens (tertiary/aromatic N) is 1. The lowest BCUT2D eigenvalue weighted by molar-refractivity contribution is -0.139. The average Bonchev–Trinajstić information content (AvgIpc) is 2.78. The van der Waals surface area contributed by atoms with E-state index in [9.17, 15) is 4.79 Å². The minimum absolute atomic E-state index is 0.240. The highest BCUT2D eigenvalue weighted by molar-refractivity contribution is 7.99. The van der Waals surface area contributed by atoms with Gasteiger partial charge in [0.1, 0.15) is 0 Å². The van der Waals surface area contributed by atoms with Gasteiger partial charge in [0.25, 0.3) is 0 Å². The Morgan fingerprint density at radius 2 is 2.44 bits per heavy atom. The fourth-order valence-corrected chi connectivity index (χ4v) is 3.76. The molecular formula is C12H22N2OS. The van der Waals surface area contributed by atoms with Crippen LogP contribution in [0, 0.1) is 0 Å². The molecule has 2 heterocycles. The SMILES string of the molecule is CCC1(C(=O)N2CCSCC2C)CCCN1. The molecule has 3 nitrogen and oxygen atoms in total. The summed E-state index contributed by atoms with van der Waals surface area (Å²) in [5.74, 6) is 2.53. The van der Waals surface area contributed by atoms with Crippen molar-refractivity contribution < 1.29 is 4.79 Å². The van der Waals surface area contributed by atoms with Crippen LogP contribution in [-0.4, -0.2) is 47.0 Å². The van der Waals surface area contributed by atoms with Crippen molar-refractivity contribution >= 4 is 17.7 Å². The number of rotatable bonds is 2. The van der Waals surface area contributed by atoms with Crippen molar-refractivity contribution in [2.24, 2.45) is 0 Å². The van der Waals surface area contributed by atoms with Crippen LogP contribution >= 0.6 is 11.8 Å². The maximum absolute atomic E-state index is 12.6. The van der Waals surface area contributed by atoms with Crippen molar-refractivity contribution in [1.29, 1.82) is 0 Å². The molecule has 1 N–H and O–H groups in total. The predicted molar refractivity (Wildman–Crippen MR) is 68.8 cm³/mol. The van der Waals surface area contributed by atoms with Crippen LogP contribution in [-0.2, 0) is 4.79 Å². The van der Waals surface area contributed by atoms with Gasteiger partial charge >= 0.3 is 0 Å². The first-order valence-electron chi connectivity index (χ1n) is 6.33. The van der Waals surface area contributed by atoms with Crippen LogP contribution in [0.4, 0.5) is 0 Å². The monoisotopic (exact) mass is 242 g/mol. The van der Waals surface area contributed by atoms with Crippen molar-refractivity contribution in [2.45, 2.75) is 44.7 Å². The Morgan fingerprint density at radius 3 is 3.00 bits per heavy atom. The van der Waals surface area contributed by atoms with E-state index in [1.165, 1.54) is 0 Å². The summed E-state index contributed by atoms with van der Waals surface area (Å²) in [6.45, 7) is 6.21. The number of hydrogen-bond donors (Lipinski definition) is 1. The van der Waals surface area contributed by atoms with Crippen LogP contribution < -0.4 is 5.32 Å². The second-order valence-electron chi connectivity index (χ2n) is 4.89. The molecule has 0 aliphatic carbocycles. The summed E-state index contributed by atoms with van der Waals surface area (Å²) < 4.78 is 0.